The van der Waals surface area contributed by atoms with Crippen molar-refractivity contribution in [1.29, 1.82) is 0 Å². The Labute approximate surface area is 330 Å². The van der Waals surface area contributed by atoms with Crippen LogP contribution in [-0.4, -0.2) is 57.3 Å². The molecule has 1 amide bonds. The van der Waals surface area contributed by atoms with Gasteiger partial charge in [0.1, 0.15) is 12.2 Å². The molecule has 4 unspecified atom stereocenters. The summed E-state index contributed by atoms with van der Waals surface area (Å²) in [5, 5.41) is 43.5. The van der Waals surface area contributed by atoms with Gasteiger partial charge in [-0.05, 0) is 38.5 Å². The van der Waals surface area contributed by atoms with E-state index in [2.05, 4.69) is 31.3 Å². The van der Waals surface area contributed by atoms with Crippen molar-refractivity contribution in [1.82, 2.24) is 5.32 Å². The molecular formula is C47H93NO5. The second-order valence-electron chi connectivity index (χ2n) is 16.5. The van der Waals surface area contributed by atoms with E-state index in [0.29, 0.717) is 12.8 Å². The van der Waals surface area contributed by atoms with Crippen molar-refractivity contribution < 1.29 is 25.2 Å². The molecule has 0 rings (SSSR count). The summed E-state index contributed by atoms with van der Waals surface area (Å²) in [6.45, 7) is 4.02. The number of hydrogen-bond acceptors (Lipinski definition) is 5. The van der Waals surface area contributed by atoms with Crippen LogP contribution in [-0.2, 0) is 4.79 Å². The number of unbranched alkanes of at least 4 members (excludes halogenated alkanes) is 32. The van der Waals surface area contributed by atoms with Gasteiger partial charge in [0.15, 0.2) is 0 Å². The Kier molecular flexibility index (Phi) is 41.4. The summed E-state index contributed by atoms with van der Waals surface area (Å²) in [6, 6.07) is -0.996. The van der Waals surface area contributed by atoms with Gasteiger partial charge in [-0.2, -0.15) is 0 Å². The van der Waals surface area contributed by atoms with Crippen molar-refractivity contribution >= 4 is 5.91 Å². The van der Waals surface area contributed by atoms with E-state index in [1.807, 2.05) is 0 Å². The molecule has 0 saturated carbocycles. The van der Waals surface area contributed by atoms with Crippen LogP contribution in [0.25, 0.3) is 0 Å². The zero-order chi connectivity index (χ0) is 38.9. The predicted molar refractivity (Wildman–Crippen MR) is 228 cm³/mol. The molecule has 6 nitrogen and oxygen atoms in total. The maximum absolute atomic E-state index is 12.4. The minimum absolute atomic E-state index is 0.366. The van der Waals surface area contributed by atoms with Gasteiger partial charge in [-0.3, -0.25) is 4.79 Å². The summed E-state index contributed by atoms with van der Waals surface area (Å²) < 4.78 is 0. The smallest absolute Gasteiger partial charge is 0.249 e. The molecular weight excluding hydrogens is 659 g/mol. The highest BCUT2D eigenvalue weighted by molar-refractivity contribution is 5.80. The third kappa shape index (κ3) is 36.4. The fourth-order valence-electron chi connectivity index (χ4n) is 7.46. The summed E-state index contributed by atoms with van der Waals surface area (Å²) >= 11 is 0. The molecule has 53 heavy (non-hydrogen) atoms. The second-order valence-corrected chi connectivity index (χ2v) is 16.5. The van der Waals surface area contributed by atoms with Crippen LogP contribution in [0.2, 0.25) is 0 Å². The predicted octanol–water partition coefficient (Wildman–Crippen LogP) is 12.6. The summed E-state index contributed by atoms with van der Waals surface area (Å²) in [6.07, 6.45) is 47.1. The first-order valence-corrected chi connectivity index (χ1v) is 23.6. The monoisotopic (exact) mass is 752 g/mol. The Balaban J connectivity index is 3.60. The first-order valence-electron chi connectivity index (χ1n) is 23.6. The normalized spacial score (nSPS) is 14.2. The van der Waals surface area contributed by atoms with E-state index >= 15 is 0 Å². The second kappa shape index (κ2) is 42.2. The van der Waals surface area contributed by atoms with Crippen LogP contribution in [0.4, 0.5) is 0 Å². The summed E-state index contributed by atoms with van der Waals surface area (Å²) in [7, 11) is 0. The number of hydrogen-bond donors (Lipinski definition) is 5. The lowest BCUT2D eigenvalue weighted by Crippen LogP contribution is -2.53. The van der Waals surface area contributed by atoms with Gasteiger partial charge in [0, 0.05) is 0 Å². The fraction of sp³-hybridized carbons (Fsp3) is 0.936. The van der Waals surface area contributed by atoms with Crippen LogP contribution in [0.1, 0.15) is 251 Å². The molecule has 4 atom stereocenters. The van der Waals surface area contributed by atoms with Crippen LogP contribution in [0.15, 0.2) is 12.2 Å². The molecule has 0 fully saturated rings. The SMILES string of the molecule is CCCCCCCCCCCCCCCCCCCCCCCCC/C=C/CCCC(O)C(O)C(CO)NC(=O)C(O)CCCCCCCCCCC. The van der Waals surface area contributed by atoms with E-state index in [-0.39, 0.29) is 0 Å². The molecule has 0 saturated heterocycles. The molecule has 0 aromatic rings. The highest BCUT2D eigenvalue weighted by Gasteiger charge is 2.28. The molecule has 0 radical (unpaired) electrons. The molecule has 316 valence electrons. The van der Waals surface area contributed by atoms with Gasteiger partial charge in [-0.15, -0.1) is 0 Å². The summed E-state index contributed by atoms with van der Waals surface area (Å²) in [4.78, 5) is 12.4. The third-order valence-electron chi connectivity index (χ3n) is 11.2. The van der Waals surface area contributed by atoms with Crippen molar-refractivity contribution in [3.8, 4) is 0 Å². The Hall–Kier alpha value is -0.950. The van der Waals surface area contributed by atoms with Gasteiger partial charge in [0.25, 0.3) is 0 Å². The van der Waals surface area contributed by atoms with Gasteiger partial charge in [-0.25, -0.2) is 0 Å². The summed E-state index contributed by atoms with van der Waals surface area (Å²) in [5.41, 5.74) is 0. The Morgan fingerprint density at radius 2 is 0.774 bits per heavy atom. The zero-order valence-corrected chi connectivity index (χ0v) is 35.5. The van der Waals surface area contributed by atoms with Gasteiger partial charge in [0.05, 0.1) is 18.8 Å². The standard InChI is InChI=1S/C47H93NO5/c1-3-5-7-9-11-13-14-15-16-17-18-19-20-21-22-23-24-25-26-27-28-29-30-31-33-34-36-38-40-44(50)46(52)43(42-49)48-47(53)45(51)41-39-37-35-32-12-10-8-6-4-2/h33-34,43-46,49-52H,3-32,35-42H2,1-2H3,(H,48,53)/b34-33+. The highest BCUT2D eigenvalue weighted by atomic mass is 16.3. The van der Waals surface area contributed by atoms with E-state index in [1.165, 1.54) is 186 Å². The number of rotatable bonds is 43. The van der Waals surface area contributed by atoms with Crippen molar-refractivity contribution in [2.45, 2.75) is 276 Å². The van der Waals surface area contributed by atoms with E-state index in [9.17, 15) is 25.2 Å². The number of allylic oxidation sites excluding steroid dienone is 2. The van der Waals surface area contributed by atoms with Crippen molar-refractivity contribution in [3.05, 3.63) is 12.2 Å². The molecule has 0 aromatic heterocycles. The molecule has 0 spiro atoms. The van der Waals surface area contributed by atoms with Crippen LogP contribution < -0.4 is 5.32 Å². The Morgan fingerprint density at radius 3 is 1.13 bits per heavy atom. The van der Waals surface area contributed by atoms with Gasteiger partial charge >= 0.3 is 0 Å². The van der Waals surface area contributed by atoms with Crippen LogP contribution >= 0.6 is 0 Å². The Morgan fingerprint density at radius 1 is 0.453 bits per heavy atom. The minimum Gasteiger partial charge on any atom is -0.394 e. The number of carbonyl (C=O) groups excluding carboxylic acids is 1. The van der Waals surface area contributed by atoms with Crippen LogP contribution in [0.5, 0.6) is 0 Å². The number of amides is 1. The topological polar surface area (TPSA) is 110 Å². The number of carbonyl (C=O) groups is 1. The molecule has 0 bridgehead atoms. The van der Waals surface area contributed by atoms with Crippen molar-refractivity contribution in [2.75, 3.05) is 6.61 Å². The van der Waals surface area contributed by atoms with E-state index in [0.717, 1.165) is 38.5 Å². The molecule has 0 heterocycles. The van der Waals surface area contributed by atoms with Crippen LogP contribution in [0.3, 0.4) is 0 Å². The van der Waals surface area contributed by atoms with Crippen molar-refractivity contribution in [3.63, 3.8) is 0 Å². The molecule has 5 N–H and O–H groups in total. The van der Waals surface area contributed by atoms with Gasteiger partial charge in [0.2, 0.25) is 5.91 Å². The van der Waals surface area contributed by atoms with E-state index < -0.39 is 36.9 Å². The molecule has 6 heteroatoms. The molecule has 0 aromatic carbocycles. The Bertz CT molecular complexity index is 761. The lowest BCUT2D eigenvalue weighted by molar-refractivity contribution is -0.132. The maximum Gasteiger partial charge on any atom is 0.249 e. The number of aliphatic hydroxyl groups is 4. The van der Waals surface area contributed by atoms with Crippen LogP contribution in [0, 0.1) is 0 Å². The zero-order valence-electron chi connectivity index (χ0n) is 35.5. The lowest BCUT2D eigenvalue weighted by atomic mass is 10.00. The van der Waals surface area contributed by atoms with E-state index in [1.54, 1.807) is 0 Å². The number of nitrogens with one attached hydrogen (secondary N) is 1. The highest BCUT2D eigenvalue weighted by Crippen LogP contribution is 2.17. The fourth-order valence-corrected chi connectivity index (χ4v) is 7.46. The largest absolute Gasteiger partial charge is 0.394 e. The maximum atomic E-state index is 12.4. The number of aliphatic hydroxyl groups excluding tert-OH is 4. The lowest BCUT2D eigenvalue weighted by Gasteiger charge is -2.27. The molecule has 0 aliphatic carbocycles. The first kappa shape index (κ1) is 52.0. The first-order chi connectivity index (χ1) is 26.0. The molecule has 0 aliphatic rings. The van der Waals surface area contributed by atoms with Gasteiger partial charge in [-0.1, -0.05) is 225 Å². The minimum atomic E-state index is -1.28. The third-order valence-corrected chi connectivity index (χ3v) is 11.2. The molecule has 0 aliphatic heterocycles. The van der Waals surface area contributed by atoms with Crippen molar-refractivity contribution in [2.24, 2.45) is 0 Å². The average Bonchev–Trinajstić information content (AvgIpc) is 3.16. The van der Waals surface area contributed by atoms with Gasteiger partial charge < -0.3 is 25.7 Å². The summed E-state index contributed by atoms with van der Waals surface area (Å²) in [5.74, 6) is -0.594. The quantitative estimate of drug-likeness (QED) is 0.0315. The average molecular weight is 752 g/mol. The van der Waals surface area contributed by atoms with E-state index in [4.69, 9.17) is 0 Å².